The third-order valence-corrected chi connectivity index (χ3v) is 4.06. The first-order valence-electron chi connectivity index (χ1n) is 5.69. The van der Waals surface area contributed by atoms with Crippen molar-refractivity contribution in [2.24, 2.45) is 0 Å². The molecule has 0 radical (unpaired) electrons. The van der Waals surface area contributed by atoms with Crippen LogP contribution in [0.25, 0.3) is 0 Å². The summed E-state index contributed by atoms with van der Waals surface area (Å²) in [7, 11) is 0. The van der Waals surface area contributed by atoms with Crippen LogP contribution in [0.4, 0.5) is 4.39 Å². The summed E-state index contributed by atoms with van der Waals surface area (Å²) in [5.41, 5.74) is 0.473. The summed E-state index contributed by atoms with van der Waals surface area (Å²) in [6.07, 6.45) is 0.0315. The maximum atomic E-state index is 13.2. The van der Waals surface area contributed by atoms with E-state index in [1.807, 2.05) is 19.1 Å². The predicted molar refractivity (Wildman–Crippen MR) is 67.8 cm³/mol. The zero-order valence-electron chi connectivity index (χ0n) is 9.77. The Labute approximate surface area is 108 Å². The number of ether oxygens (including phenoxy) is 1. The van der Waals surface area contributed by atoms with Gasteiger partial charge in [-0.15, -0.1) is 11.3 Å². The number of hydrogen-bond acceptors (Lipinski definition) is 3. The zero-order valence-corrected chi connectivity index (χ0v) is 10.6. The van der Waals surface area contributed by atoms with Gasteiger partial charge >= 0.3 is 0 Å². The van der Waals surface area contributed by atoms with Crippen molar-refractivity contribution in [3.05, 3.63) is 51.5 Å². The highest BCUT2D eigenvalue weighted by Gasteiger charge is 2.28. The number of fused-ring (bicyclic) bond motifs is 1. The molecule has 0 saturated carbocycles. The number of thiophene rings is 1. The van der Waals surface area contributed by atoms with Crippen LogP contribution in [0.5, 0.6) is 5.75 Å². The molecular weight excluding hydrogens is 251 g/mol. The molecule has 3 rings (SSSR count). The van der Waals surface area contributed by atoms with Gasteiger partial charge in [-0.25, -0.2) is 4.39 Å². The van der Waals surface area contributed by atoms with Crippen LogP contribution in [0.15, 0.2) is 30.3 Å². The maximum Gasteiger partial charge on any atom is 0.170 e. The zero-order chi connectivity index (χ0) is 12.7. The number of carbonyl (C=O) groups excluding carboxylic acids is 1. The summed E-state index contributed by atoms with van der Waals surface area (Å²) >= 11 is 1.60. The summed E-state index contributed by atoms with van der Waals surface area (Å²) in [6, 6.07) is 8.01. The van der Waals surface area contributed by atoms with Crippen LogP contribution in [0.1, 0.15) is 32.6 Å². The molecule has 1 aliphatic heterocycles. The van der Waals surface area contributed by atoms with E-state index < -0.39 is 0 Å². The van der Waals surface area contributed by atoms with Gasteiger partial charge in [-0.3, -0.25) is 4.79 Å². The number of rotatable bonds is 1. The number of halogens is 1. The first-order chi connectivity index (χ1) is 8.63. The van der Waals surface area contributed by atoms with E-state index in [9.17, 15) is 9.18 Å². The molecule has 2 nitrogen and oxygen atoms in total. The van der Waals surface area contributed by atoms with Gasteiger partial charge in [0.15, 0.2) is 5.78 Å². The van der Waals surface area contributed by atoms with E-state index in [4.69, 9.17) is 4.74 Å². The standard InChI is InChI=1S/C14H11FO2S/c1-8-2-5-14(18-8)13-7-11(16)10-4-3-9(15)6-12(10)17-13/h2-6,13H,7H2,1H3. The Morgan fingerprint density at radius 1 is 1.33 bits per heavy atom. The molecule has 2 heterocycles. The quantitative estimate of drug-likeness (QED) is 0.779. The van der Waals surface area contributed by atoms with Crippen LogP contribution >= 0.6 is 11.3 Å². The van der Waals surface area contributed by atoms with Crippen LogP contribution in [0.2, 0.25) is 0 Å². The lowest BCUT2D eigenvalue weighted by molar-refractivity contribution is 0.0853. The Morgan fingerprint density at radius 2 is 2.17 bits per heavy atom. The molecule has 0 spiro atoms. The molecule has 0 bridgehead atoms. The van der Waals surface area contributed by atoms with Gasteiger partial charge in [0.2, 0.25) is 0 Å². The highest BCUT2D eigenvalue weighted by Crippen LogP contribution is 2.37. The second kappa shape index (κ2) is 4.21. The van der Waals surface area contributed by atoms with Gasteiger partial charge in [-0.1, -0.05) is 0 Å². The van der Waals surface area contributed by atoms with Crippen LogP contribution in [-0.2, 0) is 0 Å². The molecule has 18 heavy (non-hydrogen) atoms. The molecule has 1 unspecified atom stereocenters. The Balaban J connectivity index is 1.98. The molecule has 1 aliphatic rings. The smallest absolute Gasteiger partial charge is 0.170 e. The molecule has 1 aromatic heterocycles. The third-order valence-electron chi connectivity index (χ3n) is 2.96. The fraction of sp³-hybridized carbons (Fsp3) is 0.214. The SMILES string of the molecule is Cc1ccc(C2CC(=O)c3ccc(F)cc3O2)s1. The van der Waals surface area contributed by atoms with E-state index in [1.165, 1.54) is 23.1 Å². The summed E-state index contributed by atoms with van der Waals surface area (Å²) in [6.45, 7) is 2.01. The van der Waals surface area contributed by atoms with Crippen molar-refractivity contribution in [2.45, 2.75) is 19.4 Å². The predicted octanol–water partition coefficient (Wildman–Crippen LogP) is 3.90. The number of ketones is 1. The van der Waals surface area contributed by atoms with Crippen molar-refractivity contribution in [1.82, 2.24) is 0 Å². The second-order valence-corrected chi connectivity index (χ2v) is 5.64. The van der Waals surface area contributed by atoms with Crippen LogP contribution < -0.4 is 4.74 Å². The summed E-state index contributed by atoms with van der Waals surface area (Å²) in [4.78, 5) is 14.2. The largest absolute Gasteiger partial charge is 0.484 e. The van der Waals surface area contributed by atoms with E-state index in [1.54, 1.807) is 11.3 Å². The van der Waals surface area contributed by atoms with Gasteiger partial charge in [-0.05, 0) is 31.2 Å². The summed E-state index contributed by atoms with van der Waals surface area (Å²) < 4.78 is 18.9. The Bertz CT molecular complexity index is 618. The number of hydrogen-bond donors (Lipinski definition) is 0. The number of benzene rings is 1. The van der Waals surface area contributed by atoms with Gasteiger partial charge < -0.3 is 4.74 Å². The fourth-order valence-electron chi connectivity index (χ4n) is 2.08. The lowest BCUT2D eigenvalue weighted by Gasteiger charge is -2.24. The van der Waals surface area contributed by atoms with E-state index in [2.05, 4.69) is 0 Å². The van der Waals surface area contributed by atoms with Gasteiger partial charge in [-0.2, -0.15) is 0 Å². The highest BCUT2D eigenvalue weighted by molar-refractivity contribution is 7.12. The van der Waals surface area contributed by atoms with E-state index in [-0.39, 0.29) is 17.7 Å². The Hall–Kier alpha value is -1.68. The van der Waals surface area contributed by atoms with Gasteiger partial charge in [0, 0.05) is 15.8 Å². The minimum Gasteiger partial charge on any atom is -0.484 e. The van der Waals surface area contributed by atoms with Crippen molar-refractivity contribution in [1.29, 1.82) is 0 Å². The highest BCUT2D eigenvalue weighted by atomic mass is 32.1. The van der Waals surface area contributed by atoms with Crippen LogP contribution in [0, 0.1) is 12.7 Å². The Morgan fingerprint density at radius 3 is 2.89 bits per heavy atom. The van der Waals surface area contributed by atoms with Crippen molar-refractivity contribution < 1.29 is 13.9 Å². The number of aryl methyl sites for hydroxylation is 1. The average molecular weight is 262 g/mol. The van der Waals surface area contributed by atoms with Gasteiger partial charge in [0.25, 0.3) is 0 Å². The minimum absolute atomic E-state index is 0.00676. The van der Waals surface area contributed by atoms with Crippen molar-refractivity contribution in [2.75, 3.05) is 0 Å². The second-order valence-electron chi connectivity index (χ2n) is 4.32. The minimum atomic E-state index is -0.385. The van der Waals surface area contributed by atoms with E-state index in [0.717, 1.165) is 4.88 Å². The van der Waals surface area contributed by atoms with Crippen molar-refractivity contribution in [3.63, 3.8) is 0 Å². The number of carbonyl (C=O) groups is 1. The molecule has 0 amide bonds. The van der Waals surface area contributed by atoms with Crippen molar-refractivity contribution in [3.8, 4) is 5.75 Å². The normalized spacial score (nSPS) is 18.3. The molecule has 1 atom stereocenters. The first kappa shape index (κ1) is 11.4. The molecule has 0 saturated heterocycles. The monoisotopic (exact) mass is 262 g/mol. The van der Waals surface area contributed by atoms with Crippen molar-refractivity contribution >= 4 is 17.1 Å². The van der Waals surface area contributed by atoms with E-state index in [0.29, 0.717) is 17.7 Å². The molecule has 0 N–H and O–H groups in total. The molecule has 0 aliphatic carbocycles. The molecular formula is C14H11FO2S. The Kier molecular flexibility index (Phi) is 2.67. The van der Waals surface area contributed by atoms with E-state index >= 15 is 0 Å². The van der Waals surface area contributed by atoms with Crippen LogP contribution in [-0.4, -0.2) is 5.78 Å². The number of Topliss-reactive ketones (excluding diaryl/α,β-unsaturated/α-hetero) is 1. The molecule has 4 heteroatoms. The third kappa shape index (κ3) is 1.93. The fourth-order valence-corrected chi connectivity index (χ4v) is 2.99. The molecule has 92 valence electrons. The molecule has 0 fully saturated rings. The first-order valence-corrected chi connectivity index (χ1v) is 6.51. The van der Waals surface area contributed by atoms with Gasteiger partial charge in [0.1, 0.15) is 17.7 Å². The summed E-state index contributed by atoms with van der Waals surface area (Å²) in [5.74, 6) is -0.0285. The lowest BCUT2D eigenvalue weighted by atomic mass is 10.00. The molecule has 2 aromatic rings. The van der Waals surface area contributed by atoms with Crippen LogP contribution in [0.3, 0.4) is 0 Å². The maximum absolute atomic E-state index is 13.2. The lowest BCUT2D eigenvalue weighted by Crippen LogP contribution is -2.19. The topological polar surface area (TPSA) is 26.3 Å². The average Bonchev–Trinajstić information content (AvgIpc) is 2.75. The molecule has 1 aromatic carbocycles. The van der Waals surface area contributed by atoms with Gasteiger partial charge in [0.05, 0.1) is 12.0 Å². The summed E-state index contributed by atoms with van der Waals surface area (Å²) in [5, 5.41) is 0.